The first-order valence-electron chi connectivity index (χ1n) is 11.9. The molecule has 0 aliphatic carbocycles. The van der Waals surface area contributed by atoms with Crippen molar-refractivity contribution >= 4 is 11.8 Å². The molecule has 0 fully saturated rings. The molecule has 0 bridgehead atoms. The Balaban J connectivity index is 1.61. The van der Waals surface area contributed by atoms with Gasteiger partial charge in [-0.25, -0.2) is 0 Å². The molecule has 33 heavy (non-hydrogen) atoms. The van der Waals surface area contributed by atoms with Crippen LogP contribution in [-0.2, 0) is 11.3 Å². The Morgan fingerprint density at radius 3 is 2.36 bits per heavy atom. The van der Waals surface area contributed by atoms with Crippen molar-refractivity contribution in [2.75, 3.05) is 19.6 Å². The third-order valence-corrected chi connectivity index (χ3v) is 6.41. The van der Waals surface area contributed by atoms with Crippen LogP contribution >= 0.6 is 0 Å². The quantitative estimate of drug-likeness (QED) is 0.510. The summed E-state index contributed by atoms with van der Waals surface area (Å²) in [5, 5.41) is 0. The second-order valence-corrected chi connectivity index (χ2v) is 9.03. The highest BCUT2D eigenvalue weighted by atomic mass is 16.2. The maximum atomic E-state index is 13.6. The van der Waals surface area contributed by atoms with Crippen LogP contribution in [-0.4, -0.2) is 45.8 Å². The van der Waals surface area contributed by atoms with Gasteiger partial charge in [-0.05, 0) is 47.7 Å². The number of carbonyl (C=O) groups is 2. The molecule has 2 aromatic carbocycles. The molecular weight excluding hydrogens is 410 g/mol. The van der Waals surface area contributed by atoms with Gasteiger partial charge in [0.05, 0.1) is 6.04 Å². The van der Waals surface area contributed by atoms with Gasteiger partial charge in [-0.3, -0.25) is 9.59 Å². The summed E-state index contributed by atoms with van der Waals surface area (Å²) in [6.45, 7) is 8.42. The molecule has 0 saturated heterocycles. The van der Waals surface area contributed by atoms with E-state index in [0.717, 1.165) is 24.2 Å². The van der Waals surface area contributed by atoms with Gasteiger partial charge in [0.25, 0.3) is 5.91 Å². The van der Waals surface area contributed by atoms with Crippen LogP contribution in [0.1, 0.15) is 66.3 Å². The van der Waals surface area contributed by atoms with E-state index in [4.69, 9.17) is 0 Å². The van der Waals surface area contributed by atoms with E-state index in [-0.39, 0.29) is 24.4 Å². The minimum absolute atomic E-state index is 0.0156. The van der Waals surface area contributed by atoms with E-state index in [1.165, 1.54) is 5.56 Å². The highest BCUT2D eigenvalue weighted by Gasteiger charge is 2.33. The molecule has 1 aliphatic heterocycles. The summed E-state index contributed by atoms with van der Waals surface area (Å²) >= 11 is 0. The summed E-state index contributed by atoms with van der Waals surface area (Å²) < 4.78 is 2.23. The van der Waals surface area contributed by atoms with Crippen molar-refractivity contribution in [3.05, 3.63) is 95.3 Å². The number of nitrogens with zero attached hydrogens (tertiary/aromatic N) is 3. The average Bonchev–Trinajstić information content (AvgIpc) is 3.32. The number of carbonyl (C=O) groups excluding carboxylic acids is 2. The lowest BCUT2D eigenvalue weighted by molar-refractivity contribution is -0.134. The van der Waals surface area contributed by atoms with Crippen LogP contribution in [0.5, 0.6) is 0 Å². The third-order valence-electron chi connectivity index (χ3n) is 6.41. The summed E-state index contributed by atoms with van der Waals surface area (Å²) in [7, 11) is 0. The smallest absolute Gasteiger partial charge is 0.254 e. The first kappa shape index (κ1) is 22.8. The van der Waals surface area contributed by atoms with Gasteiger partial charge in [-0.15, -0.1) is 0 Å². The van der Waals surface area contributed by atoms with Crippen molar-refractivity contribution in [3.63, 3.8) is 0 Å². The lowest BCUT2D eigenvalue weighted by Crippen LogP contribution is -2.48. The summed E-state index contributed by atoms with van der Waals surface area (Å²) in [4.78, 5) is 30.4. The molecule has 0 N–H and O–H groups in total. The number of hydrogen-bond donors (Lipinski definition) is 0. The van der Waals surface area contributed by atoms with E-state index in [1.54, 1.807) is 4.90 Å². The van der Waals surface area contributed by atoms with Crippen molar-refractivity contribution < 1.29 is 9.59 Å². The van der Waals surface area contributed by atoms with Gasteiger partial charge < -0.3 is 14.4 Å². The molecule has 5 heteroatoms. The fraction of sp³-hybridized carbons (Fsp3) is 0.357. The van der Waals surface area contributed by atoms with Crippen LogP contribution in [0.4, 0.5) is 0 Å². The predicted molar refractivity (Wildman–Crippen MR) is 131 cm³/mol. The fourth-order valence-electron chi connectivity index (χ4n) is 4.61. The lowest BCUT2D eigenvalue weighted by Gasteiger charge is -2.38. The molecule has 2 amide bonds. The van der Waals surface area contributed by atoms with E-state index in [0.29, 0.717) is 24.6 Å². The van der Waals surface area contributed by atoms with Gasteiger partial charge in [-0.1, -0.05) is 63.2 Å². The van der Waals surface area contributed by atoms with Crippen molar-refractivity contribution in [2.45, 2.75) is 45.7 Å². The van der Waals surface area contributed by atoms with Crippen molar-refractivity contribution in [1.82, 2.24) is 14.4 Å². The Bertz CT molecular complexity index is 1090. The van der Waals surface area contributed by atoms with Crippen molar-refractivity contribution in [3.8, 4) is 0 Å². The number of amides is 2. The summed E-state index contributed by atoms with van der Waals surface area (Å²) in [5.41, 5.74) is 4.12. The largest absolute Gasteiger partial charge is 0.348 e. The van der Waals surface area contributed by atoms with E-state index in [9.17, 15) is 9.59 Å². The van der Waals surface area contributed by atoms with Gasteiger partial charge in [-0.2, -0.15) is 0 Å². The summed E-state index contributed by atoms with van der Waals surface area (Å²) in [5.74, 6) is 0.348. The average molecular weight is 444 g/mol. The highest BCUT2D eigenvalue weighted by Crippen LogP contribution is 2.33. The second kappa shape index (κ2) is 10.1. The van der Waals surface area contributed by atoms with Crippen LogP contribution in [0.2, 0.25) is 0 Å². The topological polar surface area (TPSA) is 45.6 Å². The van der Waals surface area contributed by atoms with E-state index < -0.39 is 0 Å². The molecule has 1 atom stereocenters. The van der Waals surface area contributed by atoms with Crippen LogP contribution < -0.4 is 0 Å². The minimum atomic E-state index is -0.155. The number of hydrogen-bond acceptors (Lipinski definition) is 2. The Hall–Kier alpha value is -3.34. The zero-order valence-corrected chi connectivity index (χ0v) is 19.8. The van der Waals surface area contributed by atoms with Crippen LogP contribution in [0.3, 0.4) is 0 Å². The Labute approximate surface area is 196 Å². The maximum absolute atomic E-state index is 13.6. The van der Waals surface area contributed by atoms with Crippen LogP contribution in [0, 0.1) is 0 Å². The SMILES string of the molecule is CCCN(CC(=O)N1CCn2cccc2C1c1ccc(C(C)C)cc1)C(=O)c1ccccc1. The second-order valence-electron chi connectivity index (χ2n) is 9.03. The Kier molecular flexibility index (Phi) is 6.97. The molecule has 1 aliphatic rings. The predicted octanol–water partition coefficient (Wildman–Crippen LogP) is 5.10. The first-order chi connectivity index (χ1) is 16.0. The molecule has 0 saturated carbocycles. The summed E-state index contributed by atoms with van der Waals surface area (Å²) in [6, 6.07) is 21.8. The van der Waals surface area contributed by atoms with Crippen LogP contribution in [0.15, 0.2) is 72.9 Å². The molecule has 4 rings (SSSR count). The number of rotatable bonds is 7. The van der Waals surface area contributed by atoms with Gasteiger partial charge in [0.15, 0.2) is 0 Å². The molecule has 2 heterocycles. The van der Waals surface area contributed by atoms with E-state index >= 15 is 0 Å². The van der Waals surface area contributed by atoms with Crippen molar-refractivity contribution in [1.29, 1.82) is 0 Å². The van der Waals surface area contributed by atoms with E-state index in [2.05, 4.69) is 54.9 Å². The number of benzene rings is 2. The fourth-order valence-corrected chi connectivity index (χ4v) is 4.61. The first-order valence-corrected chi connectivity index (χ1v) is 11.9. The zero-order chi connectivity index (χ0) is 23.4. The lowest BCUT2D eigenvalue weighted by atomic mass is 9.95. The van der Waals surface area contributed by atoms with Gasteiger partial charge in [0.2, 0.25) is 5.91 Å². The Morgan fingerprint density at radius 2 is 1.70 bits per heavy atom. The van der Waals surface area contributed by atoms with Gasteiger partial charge >= 0.3 is 0 Å². The molecule has 5 nitrogen and oxygen atoms in total. The zero-order valence-electron chi connectivity index (χ0n) is 19.8. The standard InChI is InChI=1S/C28H33N3O2/c1-4-16-30(28(33)24-9-6-5-7-10-24)20-26(32)31-19-18-29-17-8-11-25(29)27(31)23-14-12-22(13-15-23)21(2)3/h5-15,17,21,27H,4,16,18-20H2,1-3H3. The molecule has 1 aromatic heterocycles. The van der Waals surface area contributed by atoms with Crippen LogP contribution in [0.25, 0.3) is 0 Å². The molecule has 1 unspecified atom stereocenters. The van der Waals surface area contributed by atoms with Crippen molar-refractivity contribution in [2.24, 2.45) is 0 Å². The highest BCUT2D eigenvalue weighted by molar-refractivity contribution is 5.96. The van der Waals surface area contributed by atoms with Gasteiger partial charge in [0, 0.05) is 37.1 Å². The monoisotopic (exact) mass is 443 g/mol. The Morgan fingerprint density at radius 1 is 0.970 bits per heavy atom. The normalized spacial score (nSPS) is 15.4. The minimum Gasteiger partial charge on any atom is -0.348 e. The van der Waals surface area contributed by atoms with Gasteiger partial charge in [0.1, 0.15) is 6.54 Å². The number of fused-ring (bicyclic) bond motifs is 1. The number of aromatic nitrogens is 1. The third kappa shape index (κ3) is 4.87. The molecule has 172 valence electrons. The molecule has 0 spiro atoms. The molecular formula is C28H33N3O2. The summed E-state index contributed by atoms with van der Waals surface area (Å²) in [6.07, 6.45) is 2.88. The van der Waals surface area contributed by atoms with E-state index in [1.807, 2.05) is 48.2 Å². The molecule has 3 aromatic rings. The molecule has 0 radical (unpaired) electrons. The maximum Gasteiger partial charge on any atom is 0.254 e.